The highest BCUT2D eigenvalue weighted by Crippen LogP contribution is 2.33. The van der Waals surface area contributed by atoms with Crippen LogP contribution < -0.4 is 0 Å². The standard InChI is InChI=1S/C29H30O/c1-3-4-5-6-10-22-16-18-27(28-19-21(2)15-17-24(28)20-22)29(30)26-14-9-12-23-11-7-8-13-25(23)26/h7-9,11-15,17-20H,3-6,10,16H2,1-2H3. The third-order valence-corrected chi connectivity index (χ3v) is 6.06. The molecular weight excluding hydrogens is 364 g/mol. The van der Waals surface area contributed by atoms with Crippen molar-refractivity contribution >= 4 is 28.2 Å². The molecule has 0 fully saturated rings. The first kappa shape index (κ1) is 20.3. The van der Waals surface area contributed by atoms with Crippen LogP contribution in [0.1, 0.15) is 72.5 Å². The molecule has 1 nitrogen and oxygen atoms in total. The van der Waals surface area contributed by atoms with Crippen molar-refractivity contribution < 1.29 is 4.79 Å². The van der Waals surface area contributed by atoms with Gasteiger partial charge in [0.2, 0.25) is 0 Å². The van der Waals surface area contributed by atoms with E-state index in [0.717, 1.165) is 40.3 Å². The first-order valence-electron chi connectivity index (χ1n) is 11.2. The normalized spacial score (nSPS) is 13.4. The Bertz CT molecular complexity index is 1120. The van der Waals surface area contributed by atoms with E-state index >= 15 is 0 Å². The van der Waals surface area contributed by atoms with Gasteiger partial charge in [-0.15, -0.1) is 0 Å². The minimum absolute atomic E-state index is 0.124. The molecule has 1 aliphatic rings. The molecule has 0 bridgehead atoms. The van der Waals surface area contributed by atoms with E-state index in [0.29, 0.717) is 0 Å². The molecule has 1 heteroatoms. The van der Waals surface area contributed by atoms with Crippen LogP contribution in [-0.2, 0) is 0 Å². The zero-order valence-corrected chi connectivity index (χ0v) is 18.1. The van der Waals surface area contributed by atoms with E-state index in [1.807, 2.05) is 30.3 Å². The second-order valence-corrected chi connectivity index (χ2v) is 8.38. The molecule has 1 aliphatic carbocycles. The van der Waals surface area contributed by atoms with Gasteiger partial charge in [0.05, 0.1) is 0 Å². The summed E-state index contributed by atoms with van der Waals surface area (Å²) in [6.07, 6.45) is 11.5. The predicted octanol–water partition coefficient (Wildman–Crippen LogP) is 8.17. The van der Waals surface area contributed by atoms with Gasteiger partial charge in [-0.2, -0.15) is 0 Å². The zero-order chi connectivity index (χ0) is 20.9. The molecule has 0 saturated heterocycles. The highest BCUT2D eigenvalue weighted by Gasteiger charge is 2.21. The first-order valence-corrected chi connectivity index (χ1v) is 11.2. The second kappa shape index (κ2) is 9.26. The van der Waals surface area contributed by atoms with Crippen molar-refractivity contribution in [1.82, 2.24) is 0 Å². The van der Waals surface area contributed by atoms with Gasteiger partial charge < -0.3 is 0 Å². The van der Waals surface area contributed by atoms with Crippen LogP contribution in [0.15, 0.2) is 72.3 Å². The smallest absolute Gasteiger partial charge is 0.193 e. The van der Waals surface area contributed by atoms with E-state index in [2.05, 4.69) is 56.3 Å². The van der Waals surface area contributed by atoms with Crippen molar-refractivity contribution in [3.05, 3.63) is 94.6 Å². The Kier molecular flexibility index (Phi) is 6.28. The maximum atomic E-state index is 13.8. The first-order chi connectivity index (χ1) is 14.7. The average Bonchev–Trinajstić information content (AvgIpc) is 2.95. The number of Topliss-reactive ketones (excluding diaryl/α,β-unsaturated/α-hetero) is 1. The van der Waals surface area contributed by atoms with Crippen molar-refractivity contribution in [2.45, 2.75) is 52.4 Å². The fourth-order valence-electron chi connectivity index (χ4n) is 4.39. The molecule has 3 aromatic rings. The van der Waals surface area contributed by atoms with Crippen molar-refractivity contribution in [1.29, 1.82) is 0 Å². The fourth-order valence-corrected chi connectivity index (χ4v) is 4.39. The minimum atomic E-state index is 0.124. The molecule has 4 rings (SSSR count). The summed E-state index contributed by atoms with van der Waals surface area (Å²) in [5.41, 5.74) is 6.48. The Morgan fingerprint density at radius 2 is 1.77 bits per heavy atom. The number of ketones is 1. The van der Waals surface area contributed by atoms with Gasteiger partial charge in [0.25, 0.3) is 0 Å². The average molecular weight is 395 g/mol. The molecule has 0 N–H and O–H groups in total. The Morgan fingerprint density at radius 1 is 0.933 bits per heavy atom. The van der Waals surface area contributed by atoms with Gasteiger partial charge in [0.15, 0.2) is 5.78 Å². The number of hydrogen-bond acceptors (Lipinski definition) is 1. The molecule has 0 spiro atoms. The van der Waals surface area contributed by atoms with Crippen LogP contribution in [0.25, 0.3) is 22.4 Å². The number of benzene rings is 3. The summed E-state index contributed by atoms with van der Waals surface area (Å²) >= 11 is 0. The molecule has 0 unspecified atom stereocenters. The van der Waals surface area contributed by atoms with Crippen molar-refractivity contribution in [2.24, 2.45) is 0 Å². The lowest BCUT2D eigenvalue weighted by Crippen LogP contribution is -2.05. The lowest BCUT2D eigenvalue weighted by Gasteiger charge is -2.12. The van der Waals surface area contributed by atoms with Crippen LogP contribution >= 0.6 is 0 Å². The summed E-state index contributed by atoms with van der Waals surface area (Å²) < 4.78 is 0. The van der Waals surface area contributed by atoms with Crippen LogP contribution in [0.2, 0.25) is 0 Å². The van der Waals surface area contributed by atoms with E-state index in [-0.39, 0.29) is 5.78 Å². The van der Waals surface area contributed by atoms with Crippen molar-refractivity contribution in [3.63, 3.8) is 0 Å². The van der Waals surface area contributed by atoms with Crippen LogP contribution in [0.4, 0.5) is 0 Å². The van der Waals surface area contributed by atoms with Crippen LogP contribution in [0.5, 0.6) is 0 Å². The van der Waals surface area contributed by atoms with E-state index in [1.165, 1.54) is 42.4 Å². The zero-order valence-electron chi connectivity index (χ0n) is 18.1. The summed E-state index contributed by atoms with van der Waals surface area (Å²) in [6, 6.07) is 20.7. The maximum absolute atomic E-state index is 13.8. The van der Waals surface area contributed by atoms with Gasteiger partial charge in [-0.25, -0.2) is 0 Å². The molecule has 152 valence electrons. The fraction of sp³-hybridized carbons (Fsp3) is 0.276. The number of carbonyl (C=O) groups excluding carboxylic acids is 1. The Labute approximate surface area is 180 Å². The molecule has 0 saturated carbocycles. The summed E-state index contributed by atoms with van der Waals surface area (Å²) in [6.45, 7) is 4.35. The molecule has 0 aromatic heterocycles. The SMILES string of the molecule is CCCCCCC1=Cc2ccc(C)cc2C(C(=O)c2cccc3ccccc23)=CC1. The topological polar surface area (TPSA) is 17.1 Å². The van der Waals surface area contributed by atoms with Gasteiger partial charge in [-0.3, -0.25) is 4.79 Å². The Morgan fingerprint density at radius 3 is 2.63 bits per heavy atom. The lowest BCUT2D eigenvalue weighted by molar-refractivity contribution is 0.105. The summed E-state index contributed by atoms with van der Waals surface area (Å²) in [7, 11) is 0. The monoisotopic (exact) mass is 394 g/mol. The highest BCUT2D eigenvalue weighted by molar-refractivity contribution is 6.32. The number of aryl methyl sites for hydroxylation is 1. The number of allylic oxidation sites excluding steroid dienone is 3. The Balaban J connectivity index is 1.72. The van der Waals surface area contributed by atoms with Gasteiger partial charge in [-0.1, -0.05) is 110 Å². The lowest BCUT2D eigenvalue weighted by atomic mass is 9.90. The molecule has 0 atom stereocenters. The summed E-state index contributed by atoms with van der Waals surface area (Å²) in [4.78, 5) is 13.8. The van der Waals surface area contributed by atoms with Crippen LogP contribution in [0.3, 0.4) is 0 Å². The largest absolute Gasteiger partial charge is 0.289 e. The van der Waals surface area contributed by atoms with Crippen molar-refractivity contribution in [3.8, 4) is 0 Å². The Hall–Kier alpha value is -2.93. The van der Waals surface area contributed by atoms with Gasteiger partial charge >= 0.3 is 0 Å². The third kappa shape index (κ3) is 4.31. The quantitative estimate of drug-likeness (QED) is 0.292. The number of carbonyl (C=O) groups is 1. The second-order valence-electron chi connectivity index (χ2n) is 8.38. The molecule has 30 heavy (non-hydrogen) atoms. The highest BCUT2D eigenvalue weighted by atomic mass is 16.1. The van der Waals surface area contributed by atoms with E-state index in [4.69, 9.17) is 0 Å². The number of fused-ring (bicyclic) bond motifs is 2. The number of unbranched alkanes of at least 4 members (excludes halogenated alkanes) is 3. The van der Waals surface area contributed by atoms with E-state index in [1.54, 1.807) is 0 Å². The minimum Gasteiger partial charge on any atom is -0.289 e. The molecule has 0 radical (unpaired) electrons. The van der Waals surface area contributed by atoms with Crippen LogP contribution in [0, 0.1) is 6.92 Å². The van der Waals surface area contributed by atoms with E-state index < -0.39 is 0 Å². The molecule has 3 aromatic carbocycles. The van der Waals surface area contributed by atoms with E-state index in [9.17, 15) is 4.79 Å². The summed E-state index contributed by atoms with van der Waals surface area (Å²) in [5, 5.41) is 2.13. The number of hydrogen-bond donors (Lipinski definition) is 0. The molecule has 0 heterocycles. The third-order valence-electron chi connectivity index (χ3n) is 6.06. The van der Waals surface area contributed by atoms with Gasteiger partial charge in [0.1, 0.15) is 0 Å². The maximum Gasteiger partial charge on any atom is 0.193 e. The molecule has 0 amide bonds. The molecular formula is C29H30O. The summed E-state index contributed by atoms with van der Waals surface area (Å²) in [5.74, 6) is 0.124. The number of rotatable bonds is 7. The van der Waals surface area contributed by atoms with Gasteiger partial charge in [-0.05, 0) is 48.1 Å². The van der Waals surface area contributed by atoms with Crippen molar-refractivity contribution in [2.75, 3.05) is 0 Å². The predicted molar refractivity (Wildman–Crippen MR) is 129 cm³/mol. The van der Waals surface area contributed by atoms with Crippen LogP contribution in [-0.4, -0.2) is 5.78 Å². The van der Waals surface area contributed by atoms with Gasteiger partial charge in [0, 0.05) is 11.1 Å². The molecule has 0 aliphatic heterocycles.